The molecule has 1 atom stereocenters. The Balaban J connectivity index is 2.25. The van der Waals surface area contributed by atoms with Gasteiger partial charge in [0.1, 0.15) is 0 Å². The van der Waals surface area contributed by atoms with Gasteiger partial charge in [-0.1, -0.05) is 37.6 Å². The van der Waals surface area contributed by atoms with Gasteiger partial charge in [0.2, 0.25) is 0 Å². The molecule has 0 saturated heterocycles. The smallest absolute Gasteiger partial charge is 0.0821 e. The third-order valence-electron chi connectivity index (χ3n) is 3.06. The molecule has 2 aromatic rings. The van der Waals surface area contributed by atoms with Crippen LogP contribution < -0.4 is 11.3 Å². The second-order valence-electron chi connectivity index (χ2n) is 4.39. The second-order valence-corrected chi connectivity index (χ2v) is 5.28. The first-order chi connectivity index (χ1) is 8.76. The molecule has 1 aromatic carbocycles. The van der Waals surface area contributed by atoms with E-state index in [1.807, 2.05) is 12.4 Å². The Morgan fingerprint density at radius 3 is 2.56 bits per heavy atom. The Labute approximate surface area is 112 Å². The predicted octanol–water partition coefficient (Wildman–Crippen LogP) is 2.96. The van der Waals surface area contributed by atoms with Crippen LogP contribution in [0.2, 0.25) is 0 Å². The lowest BCUT2D eigenvalue weighted by atomic mass is 10.0. The zero-order chi connectivity index (χ0) is 13.0. The quantitative estimate of drug-likeness (QED) is 0.642. The van der Waals surface area contributed by atoms with E-state index in [1.165, 1.54) is 22.4 Å². The summed E-state index contributed by atoms with van der Waals surface area (Å²) in [5, 5.41) is 0. The molecule has 96 valence electrons. The van der Waals surface area contributed by atoms with Crippen molar-refractivity contribution in [2.24, 2.45) is 5.84 Å². The molecular weight excluding hydrogens is 242 g/mol. The van der Waals surface area contributed by atoms with E-state index >= 15 is 0 Å². The molecule has 0 spiro atoms. The van der Waals surface area contributed by atoms with Gasteiger partial charge in [-0.15, -0.1) is 11.3 Å². The predicted molar refractivity (Wildman–Crippen MR) is 76.5 cm³/mol. The topological polar surface area (TPSA) is 50.9 Å². The number of thiazole rings is 1. The van der Waals surface area contributed by atoms with Crippen molar-refractivity contribution in [1.29, 1.82) is 0 Å². The van der Waals surface area contributed by atoms with Crippen LogP contribution in [0.15, 0.2) is 29.8 Å². The molecule has 3 N–H and O–H groups in total. The monoisotopic (exact) mass is 261 g/mol. The van der Waals surface area contributed by atoms with Crippen LogP contribution in [0.4, 0.5) is 0 Å². The van der Waals surface area contributed by atoms with Gasteiger partial charge in [0.15, 0.2) is 0 Å². The molecule has 0 amide bonds. The van der Waals surface area contributed by atoms with Gasteiger partial charge >= 0.3 is 0 Å². The molecule has 4 heteroatoms. The fourth-order valence-corrected chi connectivity index (χ4v) is 2.96. The first-order valence-electron chi connectivity index (χ1n) is 6.21. The van der Waals surface area contributed by atoms with E-state index in [0.717, 1.165) is 12.1 Å². The standard InChI is InChI=1S/C14H19N3S/c1-3-4-11-5-7-12(8-6-11)13(17-15)14-10(2)16-9-18-14/h5-9,13,17H,3-4,15H2,1-2H3. The number of hydrogen-bond acceptors (Lipinski definition) is 4. The van der Waals surface area contributed by atoms with E-state index in [1.54, 1.807) is 11.3 Å². The Morgan fingerprint density at radius 1 is 1.33 bits per heavy atom. The van der Waals surface area contributed by atoms with Crippen LogP contribution in [0.25, 0.3) is 0 Å². The minimum atomic E-state index is 0.0353. The summed E-state index contributed by atoms with van der Waals surface area (Å²) >= 11 is 1.64. The highest BCUT2D eigenvalue weighted by Crippen LogP contribution is 2.27. The molecular formula is C14H19N3S. The average molecular weight is 261 g/mol. The summed E-state index contributed by atoms with van der Waals surface area (Å²) < 4.78 is 0. The number of benzene rings is 1. The highest BCUT2D eigenvalue weighted by atomic mass is 32.1. The first-order valence-corrected chi connectivity index (χ1v) is 7.09. The molecule has 0 aliphatic rings. The summed E-state index contributed by atoms with van der Waals surface area (Å²) in [4.78, 5) is 5.46. The van der Waals surface area contributed by atoms with E-state index in [9.17, 15) is 0 Å². The maximum Gasteiger partial charge on any atom is 0.0821 e. The van der Waals surface area contributed by atoms with E-state index in [4.69, 9.17) is 5.84 Å². The molecule has 0 aliphatic heterocycles. The van der Waals surface area contributed by atoms with Crippen LogP contribution in [0.1, 0.15) is 41.1 Å². The van der Waals surface area contributed by atoms with Gasteiger partial charge in [0, 0.05) is 0 Å². The van der Waals surface area contributed by atoms with E-state index in [-0.39, 0.29) is 6.04 Å². The highest BCUT2D eigenvalue weighted by molar-refractivity contribution is 7.09. The molecule has 0 aliphatic carbocycles. The number of hydrazine groups is 1. The van der Waals surface area contributed by atoms with Crippen molar-refractivity contribution in [2.45, 2.75) is 32.7 Å². The van der Waals surface area contributed by atoms with Crippen LogP contribution in [-0.4, -0.2) is 4.98 Å². The molecule has 1 unspecified atom stereocenters. The number of nitrogens with two attached hydrogens (primary N) is 1. The van der Waals surface area contributed by atoms with Crippen molar-refractivity contribution in [3.63, 3.8) is 0 Å². The second kappa shape index (κ2) is 6.09. The lowest BCUT2D eigenvalue weighted by molar-refractivity contribution is 0.641. The molecule has 1 aromatic heterocycles. The third-order valence-corrected chi connectivity index (χ3v) is 4.06. The number of nitrogens with zero attached hydrogens (tertiary/aromatic N) is 1. The van der Waals surface area contributed by atoms with E-state index < -0.39 is 0 Å². The SMILES string of the molecule is CCCc1ccc(C(NN)c2scnc2C)cc1. The van der Waals surface area contributed by atoms with Gasteiger partial charge in [-0.25, -0.2) is 10.4 Å². The number of rotatable bonds is 5. The highest BCUT2D eigenvalue weighted by Gasteiger charge is 2.16. The number of hydrogen-bond donors (Lipinski definition) is 2. The summed E-state index contributed by atoms with van der Waals surface area (Å²) in [6.07, 6.45) is 2.30. The Bertz CT molecular complexity index is 490. The number of aryl methyl sites for hydroxylation is 2. The van der Waals surface area contributed by atoms with Crippen LogP contribution in [0.5, 0.6) is 0 Å². The lowest BCUT2D eigenvalue weighted by Crippen LogP contribution is -2.28. The van der Waals surface area contributed by atoms with Gasteiger partial charge in [-0.05, 0) is 24.5 Å². The first kappa shape index (κ1) is 13.2. The van der Waals surface area contributed by atoms with Gasteiger partial charge in [0.05, 0.1) is 22.1 Å². The van der Waals surface area contributed by atoms with Crippen molar-refractivity contribution in [3.05, 3.63) is 51.5 Å². The Hall–Kier alpha value is -1.23. The lowest BCUT2D eigenvalue weighted by Gasteiger charge is -2.15. The molecule has 0 saturated carbocycles. The fraction of sp³-hybridized carbons (Fsp3) is 0.357. The van der Waals surface area contributed by atoms with Crippen molar-refractivity contribution in [3.8, 4) is 0 Å². The molecule has 0 bridgehead atoms. The molecule has 18 heavy (non-hydrogen) atoms. The minimum Gasteiger partial charge on any atom is -0.271 e. The van der Waals surface area contributed by atoms with Gasteiger partial charge in [-0.3, -0.25) is 5.84 Å². The van der Waals surface area contributed by atoms with Gasteiger partial charge in [0.25, 0.3) is 0 Å². The normalized spacial score (nSPS) is 12.6. The van der Waals surface area contributed by atoms with Crippen LogP contribution in [0.3, 0.4) is 0 Å². The van der Waals surface area contributed by atoms with Crippen molar-refractivity contribution in [1.82, 2.24) is 10.4 Å². The fourth-order valence-electron chi connectivity index (χ4n) is 2.08. The summed E-state index contributed by atoms with van der Waals surface area (Å²) in [7, 11) is 0. The maximum atomic E-state index is 5.69. The summed E-state index contributed by atoms with van der Waals surface area (Å²) in [5.74, 6) is 5.69. The maximum absolute atomic E-state index is 5.69. The number of nitrogens with one attached hydrogen (secondary N) is 1. The zero-order valence-electron chi connectivity index (χ0n) is 10.8. The molecule has 0 fully saturated rings. The summed E-state index contributed by atoms with van der Waals surface area (Å²) in [6, 6.07) is 8.69. The van der Waals surface area contributed by atoms with Gasteiger partial charge in [-0.2, -0.15) is 0 Å². The molecule has 2 rings (SSSR count). The summed E-state index contributed by atoms with van der Waals surface area (Å²) in [6.45, 7) is 4.21. The van der Waals surface area contributed by atoms with Crippen molar-refractivity contribution in [2.75, 3.05) is 0 Å². The number of aromatic nitrogens is 1. The minimum absolute atomic E-state index is 0.0353. The van der Waals surface area contributed by atoms with Crippen LogP contribution >= 0.6 is 11.3 Å². The Morgan fingerprint density at radius 2 is 2.06 bits per heavy atom. The zero-order valence-corrected chi connectivity index (χ0v) is 11.6. The molecule has 1 heterocycles. The van der Waals surface area contributed by atoms with Crippen molar-refractivity contribution >= 4 is 11.3 Å². The Kier molecular flexibility index (Phi) is 4.47. The van der Waals surface area contributed by atoms with E-state index in [2.05, 4.69) is 41.6 Å². The van der Waals surface area contributed by atoms with Gasteiger partial charge < -0.3 is 0 Å². The molecule has 3 nitrogen and oxygen atoms in total. The van der Waals surface area contributed by atoms with Crippen LogP contribution in [-0.2, 0) is 6.42 Å². The van der Waals surface area contributed by atoms with Crippen LogP contribution in [0, 0.1) is 6.92 Å². The largest absolute Gasteiger partial charge is 0.271 e. The average Bonchev–Trinajstić information content (AvgIpc) is 2.79. The molecule has 0 radical (unpaired) electrons. The summed E-state index contributed by atoms with van der Waals surface area (Å²) in [5.41, 5.74) is 8.35. The van der Waals surface area contributed by atoms with Crippen molar-refractivity contribution < 1.29 is 0 Å². The third kappa shape index (κ3) is 2.77. The van der Waals surface area contributed by atoms with E-state index in [0.29, 0.717) is 0 Å².